The highest BCUT2D eigenvalue weighted by molar-refractivity contribution is 5.81. The fourth-order valence-electron chi connectivity index (χ4n) is 2.49. The molecule has 1 aliphatic rings. The van der Waals surface area contributed by atoms with Crippen molar-refractivity contribution in [2.45, 2.75) is 38.1 Å². The lowest BCUT2D eigenvalue weighted by molar-refractivity contribution is -0.120. The molecule has 2 rings (SSSR count). The van der Waals surface area contributed by atoms with Gasteiger partial charge in [-0.05, 0) is 25.0 Å². The van der Waals surface area contributed by atoms with Crippen LogP contribution in [0, 0.1) is 17.1 Å². The van der Waals surface area contributed by atoms with Gasteiger partial charge in [0.05, 0.1) is 12.2 Å². The molecule has 1 amide bonds. The lowest BCUT2D eigenvalue weighted by atomic mass is 9.95. The van der Waals surface area contributed by atoms with Gasteiger partial charge in [-0.3, -0.25) is 4.79 Å². The SMILES string of the molecule is N#Cc1c(F)cccc1NCC(=O)NC1CCCCC1. The summed E-state index contributed by atoms with van der Waals surface area (Å²) in [5.41, 5.74) is 0.296. The zero-order valence-electron chi connectivity index (χ0n) is 11.3. The fraction of sp³-hybridized carbons (Fsp3) is 0.467. The van der Waals surface area contributed by atoms with Crippen molar-refractivity contribution in [2.24, 2.45) is 0 Å². The van der Waals surface area contributed by atoms with Crippen LogP contribution in [0.4, 0.5) is 10.1 Å². The number of nitrogens with one attached hydrogen (secondary N) is 2. The number of hydrogen-bond acceptors (Lipinski definition) is 3. The minimum Gasteiger partial charge on any atom is -0.375 e. The lowest BCUT2D eigenvalue weighted by Crippen LogP contribution is -2.39. The van der Waals surface area contributed by atoms with Crippen LogP contribution in [0.5, 0.6) is 0 Å². The van der Waals surface area contributed by atoms with Crippen LogP contribution in [0.1, 0.15) is 37.7 Å². The van der Waals surface area contributed by atoms with Crippen LogP contribution in [-0.4, -0.2) is 18.5 Å². The summed E-state index contributed by atoms with van der Waals surface area (Å²) in [4.78, 5) is 11.8. The van der Waals surface area contributed by atoms with Gasteiger partial charge in [-0.15, -0.1) is 0 Å². The zero-order chi connectivity index (χ0) is 14.4. The van der Waals surface area contributed by atoms with E-state index >= 15 is 0 Å². The average Bonchev–Trinajstić information content (AvgIpc) is 2.46. The summed E-state index contributed by atoms with van der Waals surface area (Å²) in [6, 6.07) is 6.38. The number of carbonyl (C=O) groups excluding carboxylic acids is 1. The Labute approximate surface area is 118 Å². The quantitative estimate of drug-likeness (QED) is 0.887. The predicted molar refractivity (Wildman–Crippen MR) is 74.6 cm³/mol. The maximum Gasteiger partial charge on any atom is 0.239 e. The molecule has 1 fully saturated rings. The van der Waals surface area contributed by atoms with Crippen molar-refractivity contribution >= 4 is 11.6 Å². The van der Waals surface area contributed by atoms with Gasteiger partial charge in [-0.25, -0.2) is 4.39 Å². The van der Waals surface area contributed by atoms with E-state index < -0.39 is 5.82 Å². The Morgan fingerprint density at radius 1 is 1.35 bits per heavy atom. The molecule has 0 unspecified atom stereocenters. The third-order valence-corrected chi connectivity index (χ3v) is 3.54. The molecule has 1 aliphatic carbocycles. The molecule has 106 valence electrons. The number of nitrogens with zero attached hydrogens (tertiary/aromatic N) is 1. The van der Waals surface area contributed by atoms with Crippen LogP contribution in [0.2, 0.25) is 0 Å². The van der Waals surface area contributed by atoms with Crippen LogP contribution < -0.4 is 10.6 Å². The average molecular weight is 275 g/mol. The number of rotatable bonds is 4. The Balaban J connectivity index is 1.87. The van der Waals surface area contributed by atoms with E-state index in [-0.39, 0.29) is 24.1 Å². The minimum absolute atomic E-state index is 0.0502. The molecule has 20 heavy (non-hydrogen) atoms. The van der Waals surface area contributed by atoms with Crippen LogP contribution >= 0.6 is 0 Å². The summed E-state index contributed by atoms with van der Waals surface area (Å²) in [6.45, 7) is 0.0502. The number of carbonyl (C=O) groups is 1. The molecule has 1 aromatic carbocycles. The van der Waals surface area contributed by atoms with Crippen LogP contribution in [0.25, 0.3) is 0 Å². The topological polar surface area (TPSA) is 64.9 Å². The maximum atomic E-state index is 13.4. The number of halogens is 1. The number of benzene rings is 1. The summed E-state index contributed by atoms with van der Waals surface area (Å²) in [7, 11) is 0. The van der Waals surface area contributed by atoms with Gasteiger partial charge in [0, 0.05) is 6.04 Å². The molecule has 2 N–H and O–H groups in total. The van der Waals surface area contributed by atoms with E-state index in [1.165, 1.54) is 18.6 Å². The van der Waals surface area contributed by atoms with E-state index in [9.17, 15) is 9.18 Å². The molecular weight excluding hydrogens is 257 g/mol. The first-order valence-corrected chi connectivity index (χ1v) is 6.92. The van der Waals surface area contributed by atoms with Gasteiger partial charge in [-0.1, -0.05) is 25.3 Å². The van der Waals surface area contributed by atoms with Gasteiger partial charge in [0.15, 0.2) is 0 Å². The van der Waals surface area contributed by atoms with E-state index in [1.54, 1.807) is 12.1 Å². The zero-order valence-corrected chi connectivity index (χ0v) is 11.3. The first-order chi connectivity index (χ1) is 9.70. The third-order valence-electron chi connectivity index (χ3n) is 3.54. The van der Waals surface area contributed by atoms with Gasteiger partial charge in [0.1, 0.15) is 17.4 Å². The lowest BCUT2D eigenvalue weighted by Gasteiger charge is -2.22. The number of anilines is 1. The van der Waals surface area contributed by atoms with Crippen molar-refractivity contribution in [3.05, 3.63) is 29.6 Å². The molecule has 1 saturated carbocycles. The summed E-state index contributed by atoms with van der Waals surface area (Å²) in [5, 5.41) is 14.7. The minimum atomic E-state index is -0.579. The van der Waals surface area contributed by atoms with Crippen LogP contribution in [-0.2, 0) is 4.79 Å². The summed E-state index contributed by atoms with van der Waals surface area (Å²) < 4.78 is 13.4. The van der Waals surface area contributed by atoms with E-state index in [0.717, 1.165) is 25.7 Å². The van der Waals surface area contributed by atoms with Crippen molar-refractivity contribution in [1.29, 1.82) is 5.26 Å². The summed E-state index contributed by atoms with van der Waals surface area (Å²) in [5.74, 6) is -0.699. The van der Waals surface area contributed by atoms with Gasteiger partial charge >= 0.3 is 0 Å². The Morgan fingerprint density at radius 2 is 2.10 bits per heavy atom. The Morgan fingerprint density at radius 3 is 2.80 bits per heavy atom. The number of nitriles is 1. The smallest absolute Gasteiger partial charge is 0.239 e. The maximum absolute atomic E-state index is 13.4. The van der Waals surface area contributed by atoms with Gasteiger partial charge in [0.25, 0.3) is 0 Å². The number of amides is 1. The summed E-state index contributed by atoms with van der Waals surface area (Å²) in [6.07, 6.45) is 5.59. The molecule has 0 atom stereocenters. The highest BCUT2D eigenvalue weighted by atomic mass is 19.1. The highest BCUT2D eigenvalue weighted by Crippen LogP contribution is 2.18. The second-order valence-electron chi connectivity index (χ2n) is 5.03. The second kappa shape index (κ2) is 6.90. The van der Waals surface area contributed by atoms with Crippen molar-refractivity contribution < 1.29 is 9.18 Å². The van der Waals surface area contributed by atoms with E-state index in [0.29, 0.717) is 5.69 Å². The third kappa shape index (κ3) is 3.70. The molecule has 5 heteroatoms. The highest BCUT2D eigenvalue weighted by Gasteiger charge is 2.16. The van der Waals surface area contributed by atoms with E-state index in [1.807, 2.05) is 0 Å². The second-order valence-corrected chi connectivity index (χ2v) is 5.03. The normalized spacial score (nSPS) is 15.4. The molecule has 0 radical (unpaired) electrons. The molecule has 0 bridgehead atoms. The Hall–Kier alpha value is -2.09. The van der Waals surface area contributed by atoms with Gasteiger partial charge in [-0.2, -0.15) is 5.26 Å². The van der Waals surface area contributed by atoms with Crippen molar-refractivity contribution in [3.8, 4) is 6.07 Å². The number of hydrogen-bond donors (Lipinski definition) is 2. The first kappa shape index (κ1) is 14.3. The van der Waals surface area contributed by atoms with E-state index in [4.69, 9.17) is 5.26 Å². The largest absolute Gasteiger partial charge is 0.375 e. The van der Waals surface area contributed by atoms with Crippen molar-refractivity contribution in [2.75, 3.05) is 11.9 Å². The monoisotopic (exact) mass is 275 g/mol. The van der Waals surface area contributed by atoms with Crippen LogP contribution in [0.3, 0.4) is 0 Å². The van der Waals surface area contributed by atoms with Crippen molar-refractivity contribution in [3.63, 3.8) is 0 Å². The van der Waals surface area contributed by atoms with Gasteiger partial charge in [0.2, 0.25) is 5.91 Å². The van der Waals surface area contributed by atoms with E-state index in [2.05, 4.69) is 10.6 Å². The molecule has 0 saturated heterocycles. The molecule has 0 spiro atoms. The standard InChI is InChI=1S/C15H18FN3O/c16-13-7-4-8-14(12(13)9-17)18-10-15(20)19-11-5-2-1-3-6-11/h4,7-8,11,18H,1-3,5-6,10H2,(H,19,20). The molecule has 1 aromatic rings. The molecule has 0 aliphatic heterocycles. The van der Waals surface area contributed by atoms with Crippen molar-refractivity contribution in [1.82, 2.24) is 5.32 Å². The molecule has 0 heterocycles. The first-order valence-electron chi connectivity index (χ1n) is 6.92. The fourth-order valence-corrected chi connectivity index (χ4v) is 2.49. The predicted octanol–water partition coefficient (Wildman–Crippen LogP) is 2.56. The Bertz CT molecular complexity index is 518. The molecular formula is C15H18FN3O. The summed E-state index contributed by atoms with van der Waals surface area (Å²) >= 11 is 0. The van der Waals surface area contributed by atoms with Crippen LogP contribution in [0.15, 0.2) is 18.2 Å². The Kier molecular flexibility index (Phi) is 4.94. The molecule has 0 aromatic heterocycles. The van der Waals surface area contributed by atoms with Gasteiger partial charge < -0.3 is 10.6 Å². The molecule has 4 nitrogen and oxygen atoms in total.